The predicted molar refractivity (Wildman–Crippen MR) is 121 cm³/mol. The van der Waals surface area contributed by atoms with Gasteiger partial charge in [-0.3, -0.25) is 0 Å². The second-order valence-corrected chi connectivity index (χ2v) is 6.91. The maximum atomic E-state index is 7.27. The van der Waals surface area contributed by atoms with E-state index < -0.39 is 4.87 Å². The minimum atomic E-state index is -0.827. The summed E-state index contributed by atoms with van der Waals surface area (Å²) in [4.78, 5) is -0.827. The highest BCUT2D eigenvalue weighted by atomic mass is 35.5. The Morgan fingerprint density at radius 3 is 1.93 bits per heavy atom. The molecule has 0 nitrogen and oxygen atoms in total. The van der Waals surface area contributed by atoms with Gasteiger partial charge < -0.3 is 0 Å². The van der Waals surface area contributed by atoms with Crippen LogP contribution >= 0.6 is 23.2 Å². The molecule has 1 unspecified atom stereocenters. The average molecular weight is 397 g/mol. The highest BCUT2D eigenvalue weighted by Crippen LogP contribution is 2.45. The van der Waals surface area contributed by atoms with Gasteiger partial charge in [0.05, 0.1) is 0 Å². The summed E-state index contributed by atoms with van der Waals surface area (Å²) in [5.41, 5.74) is 4.06. The predicted octanol–water partition coefficient (Wildman–Crippen LogP) is 8.32. The summed E-state index contributed by atoms with van der Waals surface area (Å²) in [5.74, 6) is 0. The lowest BCUT2D eigenvalue weighted by Crippen LogP contribution is -2.22. The molecule has 0 aliphatic carbocycles. The maximum Gasteiger partial charge on any atom is 0.121 e. The van der Waals surface area contributed by atoms with Crippen molar-refractivity contribution < 1.29 is 0 Å². The van der Waals surface area contributed by atoms with E-state index in [0.29, 0.717) is 5.02 Å². The van der Waals surface area contributed by atoms with Crippen LogP contribution in [0.3, 0.4) is 0 Å². The molecule has 0 bridgehead atoms. The van der Waals surface area contributed by atoms with E-state index >= 15 is 0 Å². The number of alkyl halides is 1. The lowest BCUT2D eigenvalue weighted by Gasteiger charge is -2.30. The molecular weight excluding hydrogens is 371 g/mol. The highest BCUT2D eigenvalue weighted by Gasteiger charge is 2.35. The number of hydrogen-bond acceptors (Lipinski definition) is 0. The Balaban J connectivity index is 0.00000126. The molecule has 0 aliphatic heterocycles. The van der Waals surface area contributed by atoms with Gasteiger partial charge in [-0.15, -0.1) is 11.6 Å². The van der Waals surface area contributed by atoms with Gasteiger partial charge in [0.2, 0.25) is 0 Å². The molecule has 0 aliphatic rings. The first-order valence-corrected chi connectivity index (χ1v) is 10.2. The second kappa shape index (κ2) is 10.3. The molecule has 140 valence electrons. The summed E-state index contributed by atoms with van der Waals surface area (Å²) >= 11 is 13.8. The quantitative estimate of drug-likeness (QED) is 0.300. The molecule has 3 rings (SSSR count). The number of rotatable bonds is 5. The van der Waals surface area contributed by atoms with Crippen LogP contribution in [-0.2, 0) is 4.87 Å². The molecule has 0 heterocycles. The van der Waals surface area contributed by atoms with Gasteiger partial charge in [-0.25, -0.2) is 0 Å². The molecule has 0 spiro atoms. The first-order valence-electron chi connectivity index (χ1n) is 9.42. The smallest absolute Gasteiger partial charge is 0.103 e. The van der Waals surface area contributed by atoms with Gasteiger partial charge in [0, 0.05) is 10.6 Å². The van der Waals surface area contributed by atoms with Crippen molar-refractivity contribution in [2.75, 3.05) is 0 Å². The summed E-state index contributed by atoms with van der Waals surface area (Å²) in [6.45, 7) is 6.13. The van der Waals surface area contributed by atoms with Gasteiger partial charge in [0.15, 0.2) is 0 Å². The average Bonchev–Trinajstić information content (AvgIpc) is 2.74. The summed E-state index contributed by atoms with van der Waals surface area (Å²) in [5, 5.41) is 0.663. The third-order valence-electron chi connectivity index (χ3n) is 4.27. The molecule has 3 aromatic rings. The molecule has 0 aromatic heterocycles. The summed E-state index contributed by atoms with van der Waals surface area (Å²) in [7, 11) is 0. The summed E-state index contributed by atoms with van der Waals surface area (Å²) in [6, 6.07) is 26.2. The van der Waals surface area contributed by atoms with Gasteiger partial charge >= 0.3 is 0 Å². The number of allylic oxidation sites excluding steroid dienone is 1. The lowest BCUT2D eigenvalue weighted by molar-refractivity contribution is 0.879. The molecule has 2 heteroatoms. The first-order chi connectivity index (χ1) is 13.2. The zero-order valence-corrected chi connectivity index (χ0v) is 17.6. The van der Waals surface area contributed by atoms with Crippen LogP contribution in [0.1, 0.15) is 49.4 Å². The topological polar surface area (TPSA) is 0 Å². The Morgan fingerprint density at radius 1 is 0.778 bits per heavy atom. The van der Waals surface area contributed by atoms with E-state index in [4.69, 9.17) is 23.2 Å². The third-order valence-corrected chi connectivity index (χ3v) is 5.24. The number of halogens is 2. The van der Waals surface area contributed by atoms with E-state index in [1.54, 1.807) is 0 Å². The van der Waals surface area contributed by atoms with Crippen LogP contribution in [0.4, 0.5) is 0 Å². The maximum absolute atomic E-state index is 7.27. The fourth-order valence-corrected chi connectivity index (χ4v) is 3.71. The van der Waals surface area contributed by atoms with Gasteiger partial charge in [-0.2, -0.15) is 0 Å². The summed E-state index contributed by atoms with van der Waals surface area (Å²) < 4.78 is 0. The van der Waals surface area contributed by atoms with E-state index in [2.05, 4.69) is 43.3 Å². The molecule has 27 heavy (non-hydrogen) atoms. The molecule has 0 fully saturated rings. The molecule has 1 atom stereocenters. The Bertz CT molecular complexity index is 851. The summed E-state index contributed by atoms with van der Waals surface area (Å²) in [6.07, 6.45) is 5.29. The van der Waals surface area contributed by atoms with Crippen molar-refractivity contribution in [2.45, 2.75) is 32.1 Å². The zero-order chi connectivity index (χ0) is 19.7. The van der Waals surface area contributed by atoms with E-state index in [1.165, 1.54) is 0 Å². The lowest BCUT2D eigenvalue weighted by atomic mass is 9.84. The third kappa shape index (κ3) is 4.83. The zero-order valence-electron chi connectivity index (χ0n) is 16.1. The van der Waals surface area contributed by atoms with Crippen LogP contribution in [0.15, 0.2) is 84.9 Å². The van der Waals surface area contributed by atoms with Gasteiger partial charge in [0.25, 0.3) is 0 Å². The SMILES string of the molecule is CC.CC/C=C/c1ccc(C(Cl)(c2ccccc2)c2ccccc2Cl)cc1. The van der Waals surface area contributed by atoms with Crippen molar-refractivity contribution in [2.24, 2.45) is 0 Å². The fraction of sp³-hybridized carbons (Fsp3) is 0.200. The second-order valence-electron chi connectivity index (χ2n) is 5.94. The largest absolute Gasteiger partial charge is 0.121 e. The van der Waals surface area contributed by atoms with Crippen LogP contribution in [-0.4, -0.2) is 0 Å². The van der Waals surface area contributed by atoms with Crippen molar-refractivity contribution in [1.29, 1.82) is 0 Å². The van der Waals surface area contributed by atoms with Crippen LogP contribution in [0.5, 0.6) is 0 Å². The monoisotopic (exact) mass is 396 g/mol. The van der Waals surface area contributed by atoms with Gasteiger partial charge in [-0.05, 0) is 29.2 Å². The highest BCUT2D eigenvalue weighted by molar-refractivity contribution is 6.34. The first kappa shape index (κ1) is 21.3. The van der Waals surface area contributed by atoms with Gasteiger partial charge in [-0.1, -0.05) is 117 Å². The van der Waals surface area contributed by atoms with Crippen molar-refractivity contribution in [1.82, 2.24) is 0 Å². The standard InChI is InChI=1S/C23H20Cl2.C2H6/c1-2-3-9-18-14-16-20(17-15-18)23(25,19-10-5-4-6-11-19)21-12-7-8-13-22(21)24;1-2/h3-17H,2H2,1H3;1-2H3/b9-3+;. The Morgan fingerprint density at radius 2 is 1.33 bits per heavy atom. The van der Waals surface area contributed by atoms with Crippen molar-refractivity contribution in [3.8, 4) is 0 Å². The van der Waals surface area contributed by atoms with Crippen molar-refractivity contribution in [3.05, 3.63) is 112 Å². The molecule has 0 N–H and O–H groups in total. The molecule has 0 radical (unpaired) electrons. The minimum absolute atomic E-state index is 0.663. The normalized spacial score (nSPS) is 12.9. The Hall–Kier alpha value is -2.02. The molecule has 0 saturated carbocycles. The van der Waals surface area contributed by atoms with Crippen molar-refractivity contribution in [3.63, 3.8) is 0 Å². The molecule has 0 amide bonds. The van der Waals surface area contributed by atoms with Gasteiger partial charge in [0.1, 0.15) is 4.87 Å². The number of hydrogen-bond donors (Lipinski definition) is 0. The van der Waals surface area contributed by atoms with Crippen molar-refractivity contribution >= 4 is 29.3 Å². The van der Waals surface area contributed by atoms with Crippen LogP contribution in [0, 0.1) is 0 Å². The van der Waals surface area contributed by atoms with E-state index in [0.717, 1.165) is 28.7 Å². The molecule has 0 saturated heterocycles. The van der Waals surface area contributed by atoms with Crippen LogP contribution in [0.25, 0.3) is 6.08 Å². The van der Waals surface area contributed by atoms with Crippen LogP contribution in [0.2, 0.25) is 5.02 Å². The molecule has 3 aromatic carbocycles. The van der Waals surface area contributed by atoms with Crippen LogP contribution < -0.4 is 0 Å². The fourth-order valence-electron chi connectivity index (χ4n) is 2.96. The molecular formula is C25H26Cl2. The van der Waals surface area contributed by atoms with E-state index in [9.17, 15) is 0 Å². The Labute approximate surface area is 173 Å². The number of benzene rings is 3. The van der Waals surface area contributed by atoms with E-state index in [1.807, 2.05) is 68.4 Å². The Kier molecular flexibility index (Phi) is 8.16. The minimum Gasteiger partial charge on any atom is -0.103 e. The van der Waals surface area contributed by atoms with E-state index in [-0.39, 0.29) is 0 Å².